The molecular weight excluding hydrogens is 776 g/mol. The molecule has 57 heavy (non-hydrogen) atoms. The Labute approximate surface area is 328 Å². The molecule has 0 unspecified atom stereocenters. The second-order valence-electron chi connectivity index (χ2n) is 16.0. The quantitative estimate of drug-likeness (QED) is 0.311. The van der Waals surface area contributed by atoms with E-state index < -0.39 is 98.3 Å². The van der Waals surface area contributed by atoms with Crippen LogP contribution in [-0.2, 0) is 33.9 Å². The predicted molar refractivity (Wildman–Crippen MR) is 198 cm³/mol. The molecule has 0 bridgehead atoms. The summed E-state index contributed by atoms with van der Waals surface area (Å²) in [5.41, 5.74) is -3.90. The molecular formula is C38H48F3N5O10S. The van der Waals surface area contributed by atoms with Crippen molar-refractivity contribution < 1.29 is 59.7 Å². The summed E-state index contributed by atoms with van der Waals surface area (Å²) in [4.78, 5) is 61.4. The number of allylic oxidation sites excluding steroid dienone is 1. The first-order valence-electron chi connectivity index (χ1n) is 18.8. The first-order valence-corrected chi connectivity index (χ1v) is 20.3. The Morgan fingerprint density at radius 2 is 1.88 bits per heavy atom. The van der Waals surface area contributed by atoms with E-state index in [0.717, 1.165) is 18.7 Å². The summed E-state index contributed by atoms with van der Waals surface area (Å²) in [5, 5.41) is 5.83. The number of rotatable bonds is 9. The van der Waals surface area contributed by atoms with E-state index in [4.69, 9.17) is 18.9 Å². The minimum absolute atomic E-state index is 0.0362. The van der Waals surface area contributed by atoms with Crippen molar-refractivity contribution in [3.63, 3.8) is 0 Å². The van der Waals surface area contributed by atoms with Crippen molar-refractivity contribution in [2.24, 2.45) is 5.92 Å². The molecule has 312 valence electrons. The number of ether oxygens (including phenoxy) is 4. The molecule has 3 heterocycles. The molecule has 0 spiro atoms. The number of halogens is 3. The van der Waals surface area contributed by atoms with E-state index in [-0.39, 0.29) is 36.4 Å². The Morgan fingerprint density at radius 3 is 2.54 bits per heavy atom. The summed E-state index contributed by atoms with van der Waals surface area (Å²) in [6, 6.07) is 1.02. The van der Waals surface area contributed by atoms with Gasteiger partial charge in [0.15, 0.2) is 5.60 Å². The number of alkyl carbamates (subject to hydrolysis) is 1. The largest absolute Gasteiger partial charge is 0.496 e. The number of hydrogen-bond donors (Lipinski definition) is 3. The lowest BCUT2D eigenvalue weighted by Crippen LogP contribution is -2.60. The molecule has 2 aliphatic heterocycles. The molecule has 2 aromatic rings. The summed E-state index contributed by atoms with van der Waals surface area (Å²) in [7, 11) is -2.72. The van der Waals surface area contributed by atoms with Crippen LogP contribution in [0.3, 0.4) is 0 Å². The van der Waals surface area contributed by atoms with Gasteiger partial charge in [-0.3, -0.25) is 19.1 Å². The number of benzene rings is 1. The molecule has 4 amide bonds. The van der Waals surface area contributed by atoms with Gasteiger partial charge in [0.1, 0.15) is 35.3 Å². The summed E-state index contributed by atoms with van der Waals surface area (Å²) in [6.07, 6.45) is -0.570. The average Bonchev–Trinajstić information content (AvgIpc) is 4.01. The van der Waals surface area contributed by atoms with Crippen LogP contribution < -0.4 is 24.8 Å². The van der Waals surface area contributed by atoms with E-state index in [1.807, 2.05) is 0 Å². The smallest absolute Gasteiger partial charge is 0.408 e. The zero-order valence-corrected chi connectivity index (χ0v) is 33.3. The third kappa shape index (κ3) is 8.63. The van der Waals surface area contributed by atoms with E-state index in [0.29, 0.717) is 31.1 Å². The summed E-state index contributed by atoms with van der Waals surface area (Å²) in [5.74, 6) is -3.67. The van der Waals surface area contributed by atoms with Crippen molar-refractivity contribution in [2.75, 3.05) is 13.7 Å². The highest BCUT2D eigenvalue weighted by Gasteiger charge is 2.63. The van der Waals surface area contributed by atoms with Gasteiger partial charge < -0.3 is 34.5 Å². The van der Waals surface area contributed by atoms with Gasteiger partial charge in [0.25, 0.3) is 12.3 Å². The van der Waals surface area contributed by atoms with Gasteiger partial charge in [-0.2, -0.15) is 0 Å². The molecule has 15 nitrogen and oxygen atoms in total. The zero-order chi connectivity index (χ0) is 41.7. The second-order valence-corrected chi connectivity index (χ2v) is 18.2. The molecule has 19 heteroatoms. The number of hydrogen-bond acceptors (Lipinski definition) is 11. The Hall–Kier alpha value is -4.65. The molecule has 3 fully saturated rings. The molecule has 7 atom stereocenters. The Morgan fingerprint density at radius 1 is 1.16 bits per heavy atom. The minimum Gasteiger partial charge on any atom is -0.496 e. The highest BCUT2D eigenvalue weighted by atomic mass is 32.2. The Bertz CT molecular complexity index is 2060. The first-order chi connectivity index (χ1) is 26.7. The number of amides is 4. The van der Waals surface area contributed by atoms with Crippen LogP contribution >= 0.6 is 0 Å². The van der Waals surface area contributed by atoms with Crippen molar-refractivity contribution in [2.45, 2.75) is 126 Å². The third-order valence-electron chi connectivity index (χ3n) is 11.2. The molecule has 1 aromatic heterocycles. The molecule has 2 saturated carbocycles. The van der Waals surface area contributed by atoms with E-state index in [9.17, 15) is 40.8 Å². The number of fused-ring (bicyclic) bond motifs is 3. The normalized spacial score (nSPS) is 29.5. The highest BCUT2D eigenvalue weighted by molar-refractivity contribution is 7.91. The number of carbonyl (C=O) groups is 4. The number of carbonyl (C=O) groups excluding carboxylic acids is 4. The van der Waals surface area contributed by atoms with Crippen molar-refractivity contribution in [3.05, 3.63) is 42.4 Å². The van der Waals surface area contributed by atoms with Gasteiger partial charge in [-0.05, 0) is 78.9 Å². The summed E-state index contributed by atoms with van der Waals surface area (Å²) < 4.78 is 92.1. The van der Waals surface area contributed by atoms with Gasteiger partial charge >= 0.3 is 6.09 Å². The van der Waals surface area contributed by atoms with Gasteiger partial charge in [0, 0.05) is 30.0 Å². The lowest BCUT2D eigenvalue weighted by Gasteiger charge is -2.33. The Balaban J connectivity index is 1.36. The molecule has 0 radical (unpaired) electrons. The number of sulfonamides is 1. The lowest BCUT2D eigenvalue weighted by atomic mass is 10.1. The van der Waals surface area contributed by atoms with Crippen LogP contribution in [0.15, 0.2) is 36.5 Å². The van der Waals surface area contributed by atoms with Crippen LogP contribution in [0, 0.1) is 11.7 Å². The van der Waals surface area contributed by atoms with Gasteiger partial charge in [-0.15, -0.1) is 0 Å². The van der Waals surface area contributed by atoms with Crippen molar-refractivity contribution in [3.8, 4) is 11.6 Å². The fourth-order valence-electron chi connectivity index (χ4n) is 7.16. The molecule has 6 rings (SSSR count). The fourth-order valence-corrected chi connectivity index (χ4v) is 8.47. The minimum atomic E-state index is -4.09. The Kier molecular flexibility index (Phi) is 11.5. The van der Waals surface area contributed by atoms with Crippen LogP contribution in [0.5, 0.6) is 11.6 Å². The molecule has 3 N–H and O–H groups in total. The zero-order valence-electron chi connectivity index (χ0n) is 32.5. The molecule has 2 aliphatic carbocycles. The van der Waals surface area contributed by atoms with Crippen LogP contribution in [0.1, 0.15) is 73.1 Å². The number of methoxy groups -OCH3 is 1. The molecule has 1 aromatic carbocycles. The predicted octanol–water partition coefficient (Wildman–Crippen LogP) is 3.89. The van der Waals surface area contributed by atoms with Gasteiger partial charge in [-0.25, -0.2) is 31.4 Å². The number of nitrogens with zero attached hydrogens (tertiary/aromatic N) is 2. The topological polar surface area (TPSA) is 192 Å². The second kappa shape index (κ2) is 15.6. The maximum Gasteiger partial charge on any atom is 0.408 e. The van der Waals surface area contributed by atoms with E-state index >= 15 is 0 Å². The molecule has 4 aliphatic rings. The summed E-state index contributed by atoms with van der Waals surface area (Å²) in [6.45, 7) is 6.48. The number of pyridine rings is 1. The number of alkyl halides is 2. The van der Waals surface area contributed by atoms with Crippen LogP contribution in [0.25, 0.3) is 10.8 Å². The maximum atomic E-state index is 14.7. The van der Waals surface area contributed by atoms with Crippen molar-refractivity contribution in [1.82, 2.24) is 25.2 Å². The number of nitrogens with one attached hydrogen (secondary N) is 3. The van der Waals surface area contributed by atoms with Crippen molar-refractivity contribution in [1.29, 1.82) is 0 Å². The first kappa shape index (κ1) is 42.0. The fraction of sp³-hybridized carbons (Fsp3) is 0.605. The van der Waals surface area contributed by atoms with Gasteiger partial charge in [0.05, 0.1) is 36.0 Å². The molecule has 1 saturated heterocycles. The van der Waals surface area contributed by atoms with Crippen molar-refractivity contribution >= 4 is 44.6 Å². The van der Waals surface area contributed by atoms with Gasteiger partial charge in [0.2, 0.25) is 27.7 Å². The van der Waals surface area contributed by atoms with E-state index in [1.54, 1.807) is 25.1 Å². The van der Waals surface area contributed by atoms with Crippen LogP contribution in [0.2, 0.25) is 0 Å². The van der Waals surface area contributed by atoms with E-state index in [2.05, 4.69) is 20.3 Å². The van der Waals surface area contributed by atoms with Crippen LogP contribution in [-0.4, -0.2) is 108 Å². The van der Waals surface area contributed by atoms with Gasteiger partial charge in [-0.1, -0.05) is 12.2 Å². The monoisotopic (exact) mass is 823 g/mol. The maximum absolute atomic E-state index is 14.7. The highest BCUT2D eigenvalue weighted by Crippen LogP contribution is 2.47. The summed E-state index contributed by atoms with van der Waals surface area (Å²) >= 11 is 0. The third-order valence-corrected chi connectivity index (χ3v) is 13.3. The average molecular weight is 824 g/mol. The lowest BCUT2D eigenvalue weighted by molar-refractivity contribution is -0.145. The number of aromatic nitrogens is 1. The standard InChI is InChI=1S/C38H48F3N5O10S/c1-20-9-7-8-10-22-18-38(22,34(49)45-57(51,52)37(5)12-13-37)44-30(47)27-17-24(55-31-26-15-23(39)16-28(53-6)25(26)11-14-42-31)19-46(27)32(48)29(21(2)54-20)43-35(50)56-36(3,4)33(40)41/h8,10-11,14-16,20-22,24,27,29,33H,7,9,12-13,17-19H2,1-6H3,(H,43,50)(H,44,47)(H,45,49)/b10-8-/t20-,21+,22-,24-,27+,29+,38-/m1/s1. The van der Waals surface area contributed by atoms with E-state index in [1.165, 1.54) is 39.3 Å². The van der Waals surface area contributed by atoms with Crippen LogP contribution in [0.4, 0.5) is 18.0 Å². The SMILES string of the molecule is COc1cc(F)cc2c(O[C@@H]3C[C@H]4C(=O)N[C@]5(C(=O)NS(=O)(=O)C6(C)CC6)C[C@H]5/C=C\CC[C@@H](C)O[C@@H](C)[C@H](NC(=O)OC(C)(C)C(F)F)C(=O)N4C3)nccc12.